The zero-order valence-corrected chi connectivity index (χ0v) is 20.8. The number of rotatable bonds is 8. The van der Waals surface area contributed by atoms with Crippen molar-refractivity contribution in [2.75, 3.05) is 10.6 Å². The van der Waals surface area contributed by atoms with Gasteiger partial charge in [-0.25, -0.2) is 4.98 Å². The number of amides is 2. The van der Waals surface area contributed by atoms with Crippen molar-refractivity contribution in [2.45, 2.75) is 44.2 Å². The fourth-order valence-electron chi connectivity index (χ4n) is 4.51. The number of benzene rings is 2. The molecule has 1 aromatic heterocycles. The molecule has 1 saturated carbocycles. The number of halogens is 1. The first-order chi connectivity index (χ1) is 17.3. The number of carbonyl (C=O) groups excluding carboxylic acids is 2. The van der Waals surface area contributed by atoms with Gasteiger partial charge in [-0.1, -0.05) is 54.6 Å². The van der Waals surface area contributed by atoms with Crippen molar-refractivity contribution in [1.82, 2.24) is 15.3 Å². The van der Waals surface area contributed by atoms with E-state index in [0.717, 1.165) is 24.8 Å². The molecule has 0 radical (unpaired) electrons. The number of aromatic nitrogens is 2. The summed E-state index contributed by atoms with van der Waals surface area (Å²) in [6.07, 6.45) is 5.33. The van der Waals surface area contributed by atoms with Crippen LogP contribution in [0.15, 0.2) is 67.4 Å². The molecule has 0 aliphatic heterocycles. The molecular weight excluding hydrogens is 476 g/mol. The second kappa shape index (κ2) is 11.2. The van der Waals surface area contributed by atoms with Crippen LogP contribution in [0.5, 0.6) is 0 Å². The second-order valence-corrected chi connectivity index (χ2v) is 9.31. The number of primary amides is 1. The Hall–Kier alpha value is -3.91. The topological polar surface area (TPSA) is 122 Å². The van der Waals surface area contributed by atoms with Gasteiger partial charge in [-0.15, -0.1) is 0 Å². The molecule has 2 aromatic carbocycles. The first-order valence-corrected chi connectivity index (χ1v) is 12.2. The third-order valence-electron chi connectivity index (χ3n) is 6.47. The average molecular weight is 505 g/mol. The minimum atomic E-state index is -0.517. The Labute approximate surface area is 215 Å². The normalized spacial score (nSPS) is 19.2. The quantitative estimate of drug-likeness (QED) is 0.330. The van der Waals surface area contributed by atoms with E-state index in [4.69, 9.17) is 17.3 Å². The predicted octanol–water partition coefficient (Wildman–Crippen LogP) is 4.70. The molecule has 36 heavy (non-hydrogen) atoms. The molecule has 0 saturated heterocycles. The lowest BCUT2D eigenvalue weighted by Gasteiger charge is -2.37. The molecule has 3 aromatic rings. The number of hydrogen-bond donors (Lipinski definition) is 4. The largest absolute Gasteiger partial charge is 0.366 e. The van der Waals surface area contributed by atoms with Gasteiger partial charge >= 0.3 is 0 Å². The van der Waals surface area contributed by atoms with Crippen molar-refractivity contribution in [1.29, 1.82) is 0 Å². The third kappa shape index (κ3) is 6.01. The van der Waals surface area contributed by atoms with Gasteiger partial charge in [-0.2, -0.15) is 4.98 Å². The highest BCUT2D eigenvalue weighted by Gasteiger charge is 2.32. The predicted molar refractivity (Wildman–Crippen MR) is 143 cm³/mol. The van der Waals surface area contributed by atoms with Crippen LogP contribution < -0.4 is 21.7 Å². The number of carbonyl (C=O) groups is 2. The molecule has 1 aliphatic carbocycles. The fourth-order valence-corrected chi connectivity index (χ4v) is 4.65. The number of nitrogens with zero attached hydrogens (tertiary/aromatic N) is 2. The summed E-state index contributed by atoms with van der Waals surface area (Å²) in [7, 11) is 0. The Morgan fingerprint density at radius 1 is 1.14 bits per heavy atom. The van der Waals surface area contributed by atoms with Crippen LogP contribution >= 0.6 is 11.6 Å². The van der Waals surface area contributed by atoms with Crippen LogP contribution in [0.2, 0.25) is 5.02 Å². The minimum Gasteiger partial charge on any atom is -0.366 e. The van der Waals surface area contributed by atoms with Gasteiger partial charge in [0.05, 0.1) is 6.20 Å². The SMILES string of the molecule is C=CC(=O)N[C@@H]1CC(c2ccccc2)CC[C@@H]1Nc1nc(Nc2cc(C(N)=O)ccc2C)ncc1Cl. The van der Waals surface area contributed by atoms with Gasteiger partial charge < -0.3 is 21.7 Å². The van der Waals surface area contributed by atoms with Crippen LogP contribution in [0.3, 0.4) is 0 Å². The van der Waals surface area contributed by atoms with Gasteiger partial charge in [0.1, 0.15) is 5.02 Å². The lowest BCUT2D eigenvalue weighted by atomic mass is 9.78. The van der Waals surface area contributed by atoms with Crippen molar-refractivity contribution in [3.05, 3.63) is 89.1 Å². The number of aryl methyl sites for hydroxylation is 1. The highest BCUT2D eigenvalue weighted by Crippen LogP contribution is 2.35. The van der Waals surface area contributed by atoms with Gasteiger partial charge in [0.25, 0.3) is 0 Å². The average Bonchev–Trinajstić information content (AvgIpc) is 2.88. The Morgan fingerprint density at radius 2 is 1.92 bits per heavy atom. The van der Waals surface area contributed by atoms with E-state index in [1.54, 1.807) is 18.2 Å². The summed E-state index contributed by atoms with van der Waals surface area (Å²) >= 11 is 6.44. The Bertz CT molecular complexity index is 1270. The lowest BCUT2D eigenvalue weighted by Crippen LogP contribution is -2.49. The molecule has 186 valence electrons. The smallest absolute Gasteiger partial charge is 0.248 e. The summed E-state index contributed by atoms with van der Waals surface area (Å²) < 4.78 is 0. The van der Waals surface area contributed by atoms with Gasteiger partial charge in [0.15, 0.2) is 5.82 Å². The molecule has 5 N–H and O–H groups in total. The number of anilines is 3. The van der Waals surface area contributed by atoms with Crippen LogP contribution in [0.1, 0.15) is 46.7 Å². The molecule has 8 nitrogen and oxygen atoms in total. The molecule has 0 bridgehead atoms. The summed E-state index contributed by atoms with van der Waals surface area (Å²) in [5, 5.41) is 10.0. The van der Waals surface area contributed by atoms with Gasteiger partial charge in [-0.3, -0.25) is 9.59 Å². The van der Waals surface area contributed by atoms with E-state index in [-0.39, 0.29) is 18.0 Å². The summed E-state index contributed by atoms with van der Waals surface area (Å²) in [6.45, 7) is 5.49. The van der Waals surface area contributed by atoms with E-state index in [2.05, 4.69) is 44.6 Å². The molecular formula is C27H29ClN6O2. The summed E-state index contributed by atoms with van der Waals surface area (Å²) in [4.78, 5) is 32.6. The molecule has 3 atom stereocenters. The Morgan fingerprint density at radius 3 is 2.64 bits per heavy atom. The summed E-state index contributed by atoms with van der Waals surface area (Å²) in [5.41, 5.74) is 8.62. The monoisotopic (exact) mass is 504 g/mol. The number of nitrogens with one attached hydrogen (secondary N) is 3. The van der Waals surface area contributed by atoms with Crippen LogP contribution in [-0.4, -0.2) is 33.9 Å². The lowest BCUT2D eigenvalue weighted by molar-refractivity contribution is -0.117. The number of hydrogen-bond acceptors (Lipinski definition) is 6. The molecule has 1 fully saturated rings. The van der Waals surface area contributed by atoms with Crippen LogP contribution in [-0.2, 0) is 4.79 Å². The van der Waals surface area contributed by atoms with Gasteiger partial charge in [0.2, 0.25) is 17.8 Å². The van der Waals surface area contributed by atoms with Crippen LogP contribution in [0, 0.1) is 6.92 Å². The van der Waals surface area contributed by atoms with Crippen molar-refractivity contribution < 1.29 is 9.59 Å². The molecule has 1 aliphatic rings. The van der Waals surface area contributed by atoms with Crippen molar-refractivity contribution in [3.8, 4) is 0 Å². The first kappa shape index (κ1) is 25.2. The van der Waals surface area contributed by atoms with Crippen molar-refractivity contribution >= 4 is 40.9 Å². The zero-order chi connectivity index (χ0) is 25.7. The standard InChI is InChI=1S/C27H29ClN6O2/c1-3-24(35)31-23-13-18(17-7-5-4-6-8-17)11-12-21(23)32-26-20(28)15-30-27(34-26)33-22-14-19(25(29)36)10-9-16(22)2/h3-10,14-15,18,21,23H,1,11-13H2,2H3,(H2,29,36)(H,31,35)(H2,30,32,33,34)/t18?,21-,23+/m0/s1. The maximum atomic E-state index is 12.2. The van der Waals surface area contributed by atoms with Crippen LogP contribution in [0.4, 0.5) is 17.5 Å². The van der Waals surface area contributed by atoms with E-state index >= 15 is 0 Å². The van der Waals surface area contributed by atoms with Crippen molar-refractivity contribution in [3.63, 3.8) is 0 Å². The summed E-state index contributed by atoms with van der Waals surface area (Å²) in [5.74, 6) is 0.366. The highest BCUT2D eigenvalue weighted by molar-refractivity contribution is 6.32. The third-order valence-corrected chi connectivity index (χ3v) is 6.75. The zero-order valence-electron chi connectivity index (χ0n) is 20.0. The molecule has 9 heteroatoms. The molecule has 1 heterocycles. The molecule has 0 spiro atoms. The van der Waals surface area contributed by atoms with E-state index in [0.29, 0.717) is 34.0 Å². The molecule has 4 rings (SSSR count). The van der Waals surface area contributed by atoms with Crippen molar-refractivity contribution in [2.24, 2.45) is 5.73 Å². The summed E-state index contributed by atoms with van der Waals surface area (Å²) in [6, 6.07) is 15.2. The maximum absolute atomic E-state index is 12.2. The first-order valence-electron chi connectivity index (χ1n) is 11.8. The Balaban J connectivity index is 1.54. The van der Waals surface area contributed by atoms with E-state index < -0.39 is 5.91 Å². The Kier molecular flexibility index (Phi) is 7.85. The van der Waals surface area contributed by atoms with Gasteiger partial charge in [0, 0.05) is 23.3 Å². The number of nitrogens with two attached hydrogens (primary N) is 1. The second-order valence-electron chi connectivity index (χ2n) is 8.90. The van der Waals surface area contributed by atoms with Crippen LogP contribution in [0.25, 0.3) is 0 Å². The maximum Gasteiger partial charge on any atom is 0.248 e. The molecule has 1 unspecified atom stereocenters. The van der Waals surface area contributed by atoms with E-state index in [9.17, 15) is 9.59 Å². The minimum absolute atomic E-state index is 0.0889. The van der Waals surface area contributed by atoms with E-state index in [1.165, 1.54) is 17.8 Å². The van der Waals surface area contributed by atoms with Gasteiger partial charge in [-0.05, 0) is 61.4 Å². The fraction of sp³-hybridized carbons (Fsp3) is 0.259. The van der Waals surface area contributed by atoms with E-state index in [1.807, 2.05) is 25.1 Å². The highest BCUT2D eigenvalue weighted by atomic mass is 35.5. The molecule has 2 amide bonds.